The van der Waals surface area contributed by atoms with Crippen LogP contribution in [0.1, 0.15) is 30.3 Å². The molecule has 1 unspecified atom stereocenters. The zero-order valence-corrected chi connectivity index (χ0v) is 14.5. The van der Waals surface area contributed by atoms with E-state index in [2.05, 4.69) is 36.4 Å². The summed E-state index contributed by atoms with van der Waals surface area (Å²) in [6, 6.07) is 10.2. The van der Waals surface area contributed by atoms with Crippen molar-refractivity contribution in [3.8, 4) is 0 Å². The number of aromatic nitrogens is 2. The molecule has 0 saturated heterocycles. The average molecular weight is 324 g/mol. The van der Waals surface area contributed by atoms with Gasteiger partial charge in [-0.3, -0.25) is 4.68 Å². The number of hydrogen-bond donors (Lipinski definition) is 1. The van der Waals surface area contributed by atoms with Gasteiger partial charge >= 0.3 is 6.03 Å². The summed E-state index contributed by atoms with van der Waals surface area (Å²) in [4.78, 5) is 14.2. The van der Waals surface area contributed by atoms with Gasteiger partial charge in [-0.1, -0.05) is 31.2 Å². The highest BCUT2D eigenvalue weighted by Gasteiger charge is 2.22. The fraction of sp³-hybridized carbons (Fsp3) is 0.368. The van der Waals surface area contributed by atoms with Crippen molar-refractivity contribution in [2.24, 2.45) is 0 Å². The standard InChI is InChI=1S/C19H24N4O/c1-4-18-6-5-11-22(18)19(24)20-17-9-7-16(8-10-17)13-23-15(3)12-14(2)21-23/h5-10,12,18H,4,11,13H2,1-3H3,(H,20,24). The summed E-state index contributed by atoms with van der Waals surface area (Å²) in [5.41, 5.74) is 4.16. The van der Waals surface area contributed by atoms with E-state index >= 15 is 0 Å². The first-order valence-electron chi connectivity index (χ1n) is 8.41. The van der Waals surface area contributed by atoms with E-state index in [1.807, 2.05) is 46.8 Å². The Bertz CT molecular complexity index is 745. The molecule has 2 aromatic rings. The number of rotatable bonds is 4. The van der Waals surface area contributed by atoms with E-state index in [0.29, 0.717) is 6.54 Å². The van der Waals surface area contributed by atoms with E-state index in [0.717, 1.165) is 35.6 Å². The number of nitrogens with zero attached hydrogens (tertiary/aromatic N) is 3. The number of amides is 2. The summed E-state index contributed by atoms with van der Waals surface area (Å²) in [6.07, 6.45) is 5.08. The minimum Gasteiger partial charge on any atom is -0.314 e. The number of hydrogen-bond acceptors (Lipinski definition) is 2. The van der Waals surface area contributed by atoms with Crippen molar-refractivity contribution in [3.05, 3.63) is 59.4 Å². The molecule has 24 heavy (non-hydrogen) atoms. The van der Waals surface area contributed by atoms with Crippen LogP contribution in [0.5, 0.6) is 0 Å². The molecule has 1 N–H and O–H groups in total. The lowest BCUT2D eigenvalue weighted by Crippen LogP contribution is -2.38. The fourth-order valence-electron chi connectivity index (χ4n) is 3.06. The maximum atomic E-state index is 12.4. The van der Waals surface area contributed by atoms with Crippen LogP contribution in [0.3, 0.4) is 0 Å². The van der Waals surface area contributed by atoms with Crippen molar-refractivity contribution >= 4 is 11.7 Å². The highest BCUT2D eigenvalue weighted by atomic mass is 16.2. The quantitative estimate of drug-likeness (QED) is 0.871. The van der Waals surface area contributed by atoms with Gasteiger partial charge in [0.2, 0.25) is 0 Å². The Morgan fingerprint density at radius 2 is 2.04 bits per heavy atom. The van der Waals surface area contributed by atoms with Crippen LogP contribution in [-0.4, -0.2) is 33.3 Å². The summed E-state index contributed by atoms with van der Waals surface area (Å²) in [5, 5.41) is 7.46. The van der Waals surface area contributed by atoms with Crippen molar-refractivity contribution in [2.75, 3.05) is 11.9 Å². The molecule has 3 rings (SSSR count). The van der Waals surface area contributed by atoms with E-state index in [1.54, 1.807) is 0 Å². The van der Waals surface area contributed by atoms with Gasteiger partial charge < -0.3 is 10.2 Å². The lowest BCUT2D eigenvalue weighted by atomic mass is 10.2. The van der Waals surface area contributed by atoms with Crippen LogP contribution in [0, 0.1) is 13.8 Å². The van der Waals surface area contributed by atoms with Crippen LogP contribution < -0.4 is 5.32 Å². The molecule has 0 fully saturated rings. The zero-order chi connectivity index (χ0) is 17.1. The summed E-state index contributed by atoms with van der Waals surface area (Å²) >= 11 is 0. The predicted molar refractivity (Wildman–Crippen MR) is 96.2 cm³/mol. The number of anilines is 1. The molecule has 1 atom stereocenters. The minimum absolute atomic E-state index is 0.0434. The molecule has 2 heterocycles. The molecule has 0 aliphatic carbocycles. The molecule has 2 amide bonds. The van der Waals surface area contributed by atoms with E-state index in [4.69, 9.17) is 0 Å². The molecule has 1 aliphatic rings. The Morgan fingerprint density at radius 3 is 2.67 bits per heavy atom. The van der Waals surface area contributed by atoms with Crippen molar-refractivity contribution < 1.29 is 4.79 Å². The summed E-state index contributed by atoms with van der Waals surface area (Å²) in [7, 11) is 0. The van der Waals surface area contributed by atoms with Crippen LogP contribution >= 0.6 is 0 Å². The van der Waals surface area contributed by atoms with Crippen LogP contribution in [0.2, 0.25) is 0 Å². The smallest absolute Gasteiger partial charge is 0.314 e. The second kappa shape index (κ2) is 6.91. The Morgan fingerprint density at radius 1 is 1.29 bits per heavy atom. The molecular formula is C19H24N4O. The van der Waals surface area contributed by atoms with Crippen LogP contribution in [0.4, 0.5) is 10.5 Å². The Hall–Kier alpha value is -2.56. The molecule has 1 aromatic carbocycles. The van der Waals surface area contributed by atoms with E-state index < -0.39 is 0 Å². The van der Waals surface area contributed by atoms with Crippen LogP contribution in [0.15, 0.2) is 42.5 Å². The molecule has 0 spiro atoms. The summed E-state index contributed by atoms with van der Waals surface area (Å²) < 4.78 is 1.99. The Labute approximate surface area is 143 Å². The molecule has 0 bridgehead atoms. The second-order valence-electron chi connectivity index (χ2n) is 6.27. The van der Waals surface area contributed by atoms with Gasteiger partial charge in [-0.05, 0) is 44.0 Å². The van der Waals surface area contributed by atoms with Gasteiger partial charge in [-0.25, -0.2) is 4.79 Å². The van der Waals surface area contributed by atoms with Gasteiger partial charge in [0, 0.05) is 17.9 Å². The first-order valence-corrected chi connectivity index (χ1v) is 8.41. The maximum Gasteiger partial charge on any atom is 0.322 e. The number of aryl methyl sites for hydroxylation is 2. The van der Waals surface area contributed by atoms with Gasteiger partial charge in [0.1, 0.15) is 0 Å². The molecule has 0 saturated carbocycles. The van der Waals surface area contributed by atoms with Crippen molar-refractivity contribution in [2.45, 2.75) is 39.8 Å². The molecule has 126 valence electrons. The third-order valence-corrected chi connectivity index (χ3v) is 4.38. The largest absolute Gasteiger partial charge is 0.322 e. The van der Waals surface area contributed by atoms with Crippen molar-refractivity contribution in [1.82, 2.24) is 14.7 Å². The normalized spacial score (nSPS) is 16.6. The molecule has 1 aromatic heterocycles. The van der Waals surface area contributed by atoms with Crippen LogP contribution in [-0.2, 0) is 6.54 Å². The van der Waals surface area contributed by atoms with Gasteiger partial charge in [-0.2, -0.15) is 5.10 Å². The first kappa shape index (κ1) is 16.3. The summed E-state index contributed by atoms with van der Waals surface area (Å²) in [5.74, 6) is 0. The van der Waals surface area contributed by atoms with Crippen LogP contribution in [0.25, 0.3) is 0 Å². The third kappa shape index (κ3) is 3.50. The lowest BCUT2D eigenvalue weighted by Gasteiger charge is -2.23. The zero-order valence-electron chi connectivity index (χ0n) is 14.5. The van der Waals surface area contributed by atoms with Gasteiger partial charge in [0.25, 0.3) is 0 Å². The second-order valence-corrected chi connectivity index (χ2v) is 6.27. The predicted octanol–water partition coefficient (Wildman–Crippen LogP) is 3.73. The summed E-state index contributed by atoms with van der Waals surface area (Å²) in [6.45, 7) is 7.57. The Kier molecular flexibility index (Phi) is 4.69. The average Bonchev–Trinajstić information content (AvgIpc) is 3.15. The molecule has 0 radical (unpaired) electrons. The monoisotopic (exact) mass is 324 g/mol. The third-order valence-electron chi connectivity index (χ3n) is 4.38. The SMILES string of the molecule is CCC1C=CCN1C(=O)Nc1ccc(Cn2nc(C)cc2C)cc1. The van der Waals surface area contributed by atoms with Gasteiger partial charge in [0.05, 0.1) is 18.3 Å². The fourth-order valence-corrected chi connectivity index (χ4v) is 3.06. The van der Waals surface area contributed by atoms with Crippen molar-refractivity contribution in [3.63, 3.8) is 0 Å². The number of nitrogens with one attached hydrogen (secondary N) is 1. The molecule has 5 heteroatoms. The van der Waals surface area contributed by atoms with E-state index in [1.165, 1.54) is 0 Å². The molecular weight excluding hydrogens is 300 g/mol. The molecule has 1 aliphatic heterocycles. The topological polar surface area (TPSA) is 50.2 Å². The number of carbonyl (C=O) groups is 1. The van der Waals surface area contributed by atoms with Gasteiger partial charge in [0.15, 0.2) is 0 Å². The number of carbonyl (C=O) groups excluding carboxylic acids is 1. The van der Waals surface area contributed by atoms with Crippen molar-refractivity contribution in [1.29, 1.82) is 0 Å². The maximum absolute atomic E-state index is 12.4. The number of urea groups is 1. The van der Waals surface area contributed by atoms with Gasteiger partial charge in [-0.15, -0.1) is 0 Å². The minimum atomic E-state index is -0.0434. The molecule has 5 nitrogen and oxygen atoms in total. The first-order chi connectivity index (χ1) is 11.6. The van der Waals surface area contributed by atoms with E-state index in [9.17, 15) is 4.79 Å². The Balaban J connectivity index is 1.62. The highest BCUT2D eigenvalue weighted by molar-refractivity contribution is 5.90. The number of benzene rings is 1. The highest BCUT2D eigenvalue weighted by Crippen LogP contribution is 2.17. The lowest BCUT2D eigenvalue weighted by molar-refractivity contribution is 0.209. The van der Waals surface area contributed by atoms with E-state index in [-0.39, 0.29) is 12.1 Å².